The van der Waals surface area contributed by atoms with Crippen LogP contribution < -0.4 is 5.32 Å². The van der Waals surface area contributed by atoms with E-state index < -0.39 is 0 Å². The van der Waals surface area contributed by atoms with Gasteiger partial charge in [0, 0.05) is 31.1 Å². The van der Waals surface area contributed by atoms with Crippen LogP contribution in [0.15, 0.2) is 114 Å². The van der Waals surface area contributed by atoms with Gasteiger partial charge in [0.15, 0.2) is 0 Å². The number of amides is 1. The van der Waals surface area contributed by atoms with Crippen molar-refractivity contribution < 1.29 is 9.53 Å². The van der Waals surface area contributed by atoms with E-state index in [0.717, 1.165) is 79.9 Å². The Hall–Kier alpha value is -6.02. The highest BCUT2D eigenvalue weighted by molar-refractivity contribution is 6.12. The van der Waals surface area contributed by atoms with Crippen molar-refractivity contribution in [1.82, 2.24) is 19.1 Å². The zero-order valence-corrected chi connectivity index (χ0v) is 28.5. The Morgan fingerprint density at radius 2 is 1.60 bits per heavy atom. The lowest BCUT2D eigenvalue weighted by molar-refractivity contribution is 0.102. The fraction of sp³-hybridized carbons (Fsp3) is 0.190. The number of rotatable bonds is 9. The van der Waals surface area contributed by atoms with Gasteiger partial charge in [0.2, 0.25) is 5.90 Å². The Labute approximate surface area is 291 Å². The summed E-state index contributed by atoms with van der Waals surface area (Å²) in [5, 5.41) is 3.11. The average Bonchev–Trinajstić information content (AvgIpc) is 3.88. The Balaban J connectivity index is 1.10. The number of carbonyl (C=O) groups is 1. The number of aryl methyl sites for hydroxylation is 3. The van der Waals surface area contributed by atoms with Crippen molar-refractivity contribution in [2.75, 3.05) is 18.5 Å². The predicted molar refractivity (Wildman–Crippen MR) is 201 cm³/mol. The van der Waals surface area contributed by atoms with E-state index in [1.54, 1.807) is 0 Å². The molecule has 0 saturated carbocycles. The van der Waals surface area contributed by atoms with E-state index in [2.05, 4.69) is 94.9 Å². The van der Waals surface area contributed by atoms with Crippen LogP contribution >= 0.6 is 0 Å². The minimum absolute atomic E-state index is 0.184. The molecule has 1 amide bonds. The fourth-order valence-corrected chi connectivity index (χ4v) is 6.94. The second-order valence-electron chi connectivity index (χ2n) is 12.8. The first-order valence-corrected chi connectivity index (χ1v) is 17.2. The van der Waals surface area contributed by atoms with Gasteiger partial charge in [0.25, 0.3) is 5.91 Å². The van der Waals surface area contributed by atoms with Crippen molar-refractivity contribution in [3.8, 4) is 22.5 Å². The predicted octanol–water partition coefficient (Wildman–Crippen LogP) is 8.60. The van der Waals surface area contributed by atoms with Crippen LogP contribution in [0.4, 0.5) is 5.69 Å². The molecule has 1 aliphatic rings. The molecular weight excluding hydrogens is 621 g/mol. The zero-order valence-electron chi connectivity index (χ0n) is 28.5. The Bertz CT molecular complexity index is 2420. The summed E-state index contributed by atoms with van der Waals surface area (Å²) in [6.45, 7) is 6.19. The van der Waals surface area contributed by atoms with Crippen LogP contribution in [0.2, 0.25) is 0 Å². The van der Waals surface area contributed by atoms with Crippen LogP contribution in [-0.4, -0.2) is 44.1 Å². The number of nitrogens with one attached hydrogen (secondary N) is 1. The molecule has 8 nitrogen and oxygen atoms in total. The van der Waals surface area contributed by atoms with Crippen molar-refractivity contribution >= 4 is 39.6 Å². The number of hydrogen-bond donors (Lipinski definition) is 1. The number of hydrogen-bond acceptors (Lipinski definition) is 5. The molecular formula is C42H38N6O2. The molecule has 1 aliphatic heterocycles. The molecule has 0 bridgehead atoms. The summed E-state index contributed by atoms with van der Waals surface area (Å²) in [5.74, 6) is 2.40. The lowest BCUT2D eigenvalue weighted by Gasteiger charge is -2.14. The summed E-state index contributed by atoms with van der Waals surface area (Å²) < 4.78 is 10.2. The lowest BCUT2D eigenvalue weighted by atomic mass is 9.98. The molecule has 0 aliphatic carbocycles. The van der Waals surface area contributed by atoms with Crippen molar-refractivity contribution in [2.24, 2.45) is 12.0 Å². The number of ether oxygens (including phenoxy) is 1. The summed E-state index contributed by atoms with van der Waals surface area (Å²) in [6.07, 6.45) is 1.89. The van der Waals surface area contributed by atoms with E-state index in [0.29, 0.717) is 36.8 Å². The maximum absolute atomic E-state index is 13.7. The summed E-state index contributed by atoms with van der Waals surface area (Å²) in [5.41, 5.74) is 11.5. The van der Waals surface area contributed by atoms with E-state index in [1.165, 1.54) is 0 Å². The Morgan fingerprint density at radius 1 is 0.840 bits per heavy atom. The molecule has 8 rings (SSSR count). The van der Waals surface area contributed by atoms with Crippen LogP contribution in [0.25, 0.3) is 44.6 Å². The standard InChI is InChI=1S/C42H38N6O2/c1-4-11-38-46-39-27(2)24-30(40-44-35-16-9-10-17-36(35)47(40)3)25-37(39)48(38)26-28-18-20-29(21-19-28)31-12-5-6-13-32(31)41(49)45-34-15-8-7-14-33(34)42-43-22-23-50-42/h5-10,12-21,24-25H,4,11,22-23,26H2,1-3H3,(H,45,49). The summed E-state index contributed by atoms with van der Waals surface area (Å²) in [6, 6.07) is 36.5. The normalized spacial score (nSPS) is 12.7. The SMILES string of the molecule is CCCc1nc2c(C)cc(-c3nc4ccccc4n3C)cc2n1Cc1ccc(-c2ccccc2C(=O)Nc2ccccc2C2=NCCO2)cc1. The van der Waals surface area contributed by atoms with Gasteiger partial charge in [0.1, 0.15) is 18.3 Å². The van der Waals surface area contributed by atoms with Gasteiger partial charge >= 0.3 is 0 Å². The minimum atomic E-state index is -0.184. The van der Waals surface area contributed by atoms with Gasteiger partial charge in [-0.2, -0.15) is 0 Å². The third-order valence-electron chi connectivity index (χ3n) is 9.41. The monoisotopic (exact) mass is 658 g/mol. The molecule has 8 heteroatoms. The van der Waals surface area contributed by atoms with Crippen LogP contribution in [0.1, 0.15) is 46.2 Å². The third-order valence-corrected chi connectivity index (χ3v) is 9.41. The van der Waals surface area contributed by atoms with E-state index in [4.69, 9.17) is 14.7 Å². The fourth-order valence-electron chi connectivity index (χ4n) is 6.94. The van der Waals surface area contributed by atoms with Crippen molar-refractivity contribution in [3.63, 3.8) is 0 Å². The number of imidazole rings is 2. The van der Waals surface area contributed by atoms with Gasteiger partial charge in [0.05, 0.1) is 39.9 Å². The molecule has 3 heterocycles. The van der Waals surface area contributed by atoms with Gasteiger partial charge in [-0.25, -0.2) is 15.0 Å². The largest absolute Gasteiger partial charge is 0.475 e. The molecule has 7 aromatic rings. The minimum Gasteiger partial charge on any atom is -0.475 e. The highest BCUT2D eigenvalue weighted by Crippen LogP contribution is 2.32. The molecule has 0 unspecified atom stereocenters. The quantitative estimate of drug-likeness (QED) is 0.168. The van der Waals surface area contributed by atoms with Crippen molar-refractivity contribution in [2.45, 2.75) is 33.2 Å². The highest BCUT2D eigenvalue weighted by Gasteiger charge is 2.20. The number of nitrogens with zero attached hydrogens (tertiary/aromatic N) is 5. The lowest BCUT2D eigenvalue weighted by Crippen LogP contribution is -2.16. The number of aromatic nitrogens is 4. The van der Waals surface area contributed by atoms with E-state index in [1.807, 2.05) is 54.6 Å². The zero-order chi connectivity index (χ0) is 34.2. The number of anilines is 1. The first kappa shape index (κ1) is 31.3. The maximum atomic E-state index is 13.7. The summed E-state index contributed by atoms with van der Waals surface area (Å²) in [7, 11) is 2.08. The Kier molecular flexibility index (Phi) is 8.20. The number of fused-ring (bicyclic) bond motifs is 2. The van der Waals surface area contributed by atoms with Crippen LogP contribution in [0.5, 0.6) is 0 Å². The van der Waals surface area contributed by atoms with Gasteiger partial charge in [-0.05, 0) is 78.1 Å². The topological polar surface area (TPSA) is 86.3 Å². The Morgan fingerprint density at radius 3 is 2.38 bits per heavy atom. The molecule has 50 heavy (non-hydrogen) atoms. The molecule has 0 saturated heterocycles. The number of para-hydroxylation sites is 3. The van der Waals surface area contributed by atoms with Crippen molar-refractivity contribution in [1.29, 1.82) is 0 Å². The van der Waals surface area contributed by atoms with Crippen LogP contribution in [-0.2, 0) is 24.8 Å². The molecule has 0 fully saturated rings. The van der Waals surface area contributed by atoms with Crippen molar-refractivity contribution in [3.05, 3.63) is 137 Å². The van der Waals surface area contributed by atoms with E-state index >= 15 is 0 Å². The first-order valence-electron chi connectivity index (χ1n) is 17.2. The van der Waals surface area contributed by atoms with Gasteiger partial charge in [-0.1, -0.05) is 73.7 Å². The smallest absolute Gasteiger partial charge is 0.256 e. The number of carbonyl (C=O) groups excluding carboxylic acids is 1. The van der Waals surface area contributed by atoms with Crippen LogP contribution in [0.3, 0.4) is 0 Å². The molecule has 0 atom stereocenters. The highest BCUT2D eigenvalue weighted by atomic mass is 16.5. The van der Waals surface area contributed by atoms with Gasteiger partial charge < -0.3 is 19.2 Å². The van der Waals surface area contributed by atoms with Gasteiger partial charge in [-0.3, -0.25) is 4.79 Å². The molecule has 5 aromatic carbocycles. The molecule has 0 spiro atoms. The summed E-state index contributed by atoms with van der Waals surface area (Å²) in [4.78, 5) is 28.3. The number of benzene rings is 5. The average molecular weight is 659 g/mol. The van der Waals surface area contributed by atoms with Gasteiger partial charge in [-0.15, -0.1) is 0 Å². The second kappa shape index (κ2) is 13.1. The molecule has 0 radical (unpaired) electrons. The van der Waals surface area contributed by atoms with Crippen LogP contribution in [0, 0.1) is 6.92 Å². The van der Waals surface area contributed by atoms with E-state index in [9.17, 15) is 4.79 Å². The van der Waals surface area contributed by atoms with E-state index in [-0.39, 0.29) is 5.91 Å². The maximum Gasteiger partial charge on any atom is 0.256 e. The molecule has 248 valence electrons. The molecule has 2 aromatic heterocycles. The number of aliphatic imine (C=N–C) groups is 1. The summed E-state index contributed by atoms with van der Waals surface area (Å²) >= 11 is 0. The second-order valence-corrected chi connectivity index (χ2v) is 12.8. The molecule has 1 N–H and O–H groups in total. The first-order chi connectivity index (χ1) is 24.5. The third kappa shape index (κ3) is 5.72.